The molecular weight excluding hydrogens is 772 g/mol. The van der Waals surface area contributed by atoms with E-state index >= 15 is 0 Å². The van der Waals surface area contributed by atoms with Gasteiger partial charge in [0.05, 0.1) is 27.8 Å². The summed E-state index contributed by atoms with van der Waals surface area (Å²) >= 11 is 6.42. The van der Waals surface area contributed by atoms with Crippen molar-refractivity contribution < 1.29 is 9.47 Å². The molecule has 0 N–H and O–H groups in total. The van der Waals surface area contributed by atoms with Crippen molar-refractivity contribution in [1.82, 2.24) is 59.1 Å². The number of aryl methyl sites for hydroxylation is 7. The first-order valence-corrected chi connectivity index (χ1v) is 19.0. The third kappa shape index (κ3) is 8.34. The van der Waals surface area contributed by atoms with Crippen LogP contribution in [0, 0.1) is 27.7 Å². The summed E-state index contributed by atoms with van der Waals surface area (Å²) in [4.78, 5) is 24.4. The molecule has 0 aliphatic rings. The van der Waals surface area contributed by atoms with Crippen LogP contribution in [0.25, 0.3) is 33.9 Å². The van der Waals surface area contributed by atoms with E-state index in [0.717, 1.165) is 67.7 Å². The topological polar surface area (TPSA) is 160 Å². The predicted octanol–water partition coefficient (Wildman–Crippen LogP) is 5.78. The molecule has 59 heavy (non-hydrogen) atoms. The molecule has 0 atom stereocenters. The average Bonchev–Trinajstić information content (AvgIpc) is 3.94. The van der Waals surface area contributed by atoms with E-state index in [2.05, 4.69) is 43.2 Å². The number of hydrogen-bond acceptors (Lipinski definition) is 10. The zero-order valence-electron chi connectivity index (χ0n) is 34.0. The number of tetrazole rings is 2. The molecule has 0 unspecified atom stereocenters. The standard InChI is InChI=1S/C21H21ClN6O2.C21H22N6O2/c1-13-11-15(20-19(22)14(2)26(3)23-20)9-10-18(13)30-12-16-7-5-6-8-17(16)28-21(29)27(4)24-25-28;1-14-11-16(18-12-15(2)25(3)22-18)9-10-20(14)29-13-17-7-5-6-8-19(17)27-21(28)26(4)23-24-27/h5-11H,12H2,1-4H3;5-12H,13H2,1-4H3. The lowest BCUT2D eigenvalue weighted by Gasteiger charge is -2.12. The highest BCUT2D eigenvalue weighted by atomic mass is 35.5. The summed E-state index contributed by atoms with van der Waals surface area (Å²) in [5, 5.41) is 25.1. The van der Waals surface area contributed by atoms with E-state index in [-0.39, 0.29) is 18.0 Å². The Kier molecular flexibility index (Phi) is 11.4. The first-order valence-electron chi connectivity index (χ1n) is 18.6. The fraction of sp³-hybridized carbons (Fsp3) is 0.238. The summed E-state index contributed by atoms with van der Waals surface area (Å²) in [5.74, 6) is 1.52. The van der Waals surface area contributed by atoms with Crippen LogP contribution in [0.15, 0.2) is 101 Å². The molecule has 4 aromatic heterocycles. The van der Waals surface area contributed by atoms with E-state index in [9.17, 15) is 9.59 Å². The normalized spacial score (nSPS) is 11.1. The van der Waals surface area contributed by atoms with Crippen molar-refractivity contribution in [2.24, 2.45) is 28.2 Å². The molecule has 8 rings (SSSR count). The molecule has 0 saturated heterocycles. The Morgan fingerprint density at radius 1 is 0.559 bits per heavy atom. The summed E-state index contributed by atoms with van der Waals surface area (Å²) < 4.78 is 20.7. The Labute approximate surface area is 344 Å². The van der Waals surface area contributed by atoms with Crippen LogP contribution < -0.4 is 20.9 Å². The van der Waals surface area contributed by atoms with Crippen LogP contribution in [0.4, 0.5) is 0 Å². The van der Waals surface area contributed by atoms with Gasteiger partial charge in [-0.15, -0.1) is 0 Å². The van der Waals surface area contributed by atoms with Gasteiger partial charge in [0.1, 0.15) is 30.4 Å². The first kappa shape index (κ1) is 40.1. The van der Waals surface area contributed by atoms with Crippen molar-refractivity contribution >= 4 is 11.6 Å². The number of hydrogen-bond donors (Lipinski definition) is 0. The molecule has 4 aromatic carbocycles. The van der Waals surface area contributed by atoms with Gasteiger partial charge < -0.3 is 9.47 Å². The van der Waals surface area contributed by atoms with E-state index < -0.39 is 0 Å². The third-order valence-electron chi connectivity index (χ3n) is 9.94. The van der Waals surface area contributed by atoms with Crippen LogP contribution in [0.1, 0.15) is 33.6 Å². The maximum Gasteiger partial charge on any atom is 0.368 e. The van der Waals surface area contributed by atoms with E-state index in [0.29, 0.717) is 23.0 Å². The second-order valence-electron chi connectivity index (χ2n) is 14.1. The summed E-state index contributed by atoms with van der Waals surface area (Å²) in [6.45, 7) is 8.53. The molecule has 302 valence electrons. The lowest BCUT2D eigenvalue weighted by atomic mass is 10.1. The Morgan fingerprint density at radius 3 is 1.47 bits per heavy atom. The molecule has 0 bridgehead atoms. The lowest BCUT2D eigenvalue weighted by Crippen LogP contribution is -2.23. The first-order chi connectivity index (χ1) is 28.3. The lowest BCUT2D eigenvalue weighted by molar-refractivity contribution is 0.303. The zero-order chi connectivity index (χ0) is 42.0. The number of benzene rings is 4. The summed E-state index contributed by atoms with van der Waals surface area (Å²) in [6.07, 6.45) is 0. The fourth-order valence-electron chi connectivity index (χ4n) is 6.32. The average molecular weight is 815 g/mol. The van der Waals surface area contributed by atoms with Crippen molar-refractivity contribution in [3.63, 3.8) is 0 Å². The van der Waals surface area contributed by atoms with Gasteiger partial charge in [-0.05, 0) is 114 Å². The molecule has 0 radical (unpaired) electrons. The maximum atomic E-state index is 12.2. The van der Waals surface area contributed by atoms with Crippen LogP contribution in [0.3, 0.4) is 0 Å². The van der Waals surface area contributed by atoms with Gasteiger partial charge in [0.2, 0.25) is 0 Å². The molecule has 0 fully saturated rings. The number of rotatable bonds is 10. The Hall–Kier alpha value is -7.07. The second-order valence-corrected chi connectivity index (χ2v) is 14.4. The van der Waals surface area contributed by atoms with Crippen LogP contribution in [0.5, 0.6) is 11.5 Å². The van der Waals surface area contributed by atoms with Gasteiger partial charge in [-0.3, -0.25) is 9.36 Å². The van der Waals surface area contributed by atoms with Crippen molar-refractivity contribution in [2.75, 3.05) is 0 Å². The molecule has 0 saturated carbocycles. The Bertz CT molecular complexity index is 2900. The van der Waals surface area contributed by atoms with Crippen LogP contribution in [0.2, 0.25) is 5.02 Å². The molecule has 17 heteroatoms. The van der Waals surface area contributed by atoms with Gasteiger partial charge in [0.15, 0.2) is 0 Å². The highest BCUT2D eigenvalue weighted by Gasteiger charge is 2.16. The van der Waals surface area contributed by atoms with Crippen molar-refractivity contribution in [3.8, 4) is 45.4 Å². The van der Waals surface area contributed by atoms with Crippen molar-refractivity contribution in [2.45, 2.75) is 40.9 Å². The minimum atomic E-state index is -0.314. The number of ether oxygens (including phenoxy) is 2. The molecule has 4 heterocycles. The molecular formula is C42H43ClN12O4. The Balaban J connectivity index is 0.000000179. The molecule has 0 aliphatic heterocycles. The summed E-state index contributed by atoms with van der Waals surface area (Å²) in [7, 11) is 6.93. The third-order valence-corrected chi connectivity index (χ3v) is 10.4. The number of para-hydroxylation sites is 2. The highest BCUT2D eigenvalue weighted by molar-refractivity contribution is 6.33. The van der Waals surface area contributed by atoms with E-state index in [1.165, 1.54) is 18.7 Å². The molecule has 0 amide bonds. The van der Waals surface area contributed by atoms with Gasteiger partial charge in [0, 0.05) is 56.1 Å². The highest BCUT2D eigenvalue weighted by Crippen LogP contribution is 2.33. The monoisotopic (exact) mass is 814 g/mol. The quantitative estimate of drug-likeness (QED) is 0.166. The van der Waals surface area contributed by atoms with Gasteiger partial charge in [-0.2, -0.15) is 28.9 Å². The fourth-order valence-corrected chi connectivity index (χ4v) is 6.59. The number of halogens is 1. The van der Waals surface area contributed by atoms with Gasteiger partial charge >= 0.3 is 11.4 Å². The SMILES string of the molecule is Cc1cc(-c2cc(C)n(C)n2)ccc1OCc1ccccc1-n1nnn(C)c1=O.Cc1cc(-c2nn(C)c(C)c2Cl)ccc1OCc1ccccc1-n1nnn(C)c1=O. The Morgan fingerprint density at radius 2 is 1.05 bits per heavy atom. The number of nitrogens with zero attached hydrogens (tertiary/aromatic N) is 12. The van der Waals surface area contributed by atoms with Crippen LogP contribution in [-0.2, 0) is 41.4 Å². The smallest absolute Gasteiger partial charge is 0.368 e. The predicted molar refractivity (Wildman–Crippen MR) is 223 cm³/mol. The second kappa shape index (κ2) is 16.8. The van der Waals surface area contributed by atoms with Gasteiger partial charge in [-0.25, -0.2) is 9.59 Å². The summed E-state index contributed by atoms with van der Waals surface area (Å²) in [5.41, 5.74) is 10.0. The molecule has 16 nitrogen and oxygen atoms in total. The van der Waals surface area contributed by atoms with E-state index in [1.54, 1.807) is 18.8 Å². The van der Waals surface area contributed by atoms with Gasteiger partial charge in [0.25, 0.3) is 0 Å². The number of aromatic nitrogens is 12. The van der Waals surface area contributed by atoms with Crippen LogP contribution in [-0.4, -0.2) is 59.1 Å². The van der Waals surface area contributed by atoms with Crippen LogP contribution >= 0.6 is 11.6 Å². The van der Waals surface area contributed by atoms with Crippen molar-refractivity contribution in [3.05, 3.63) is 151 Å². The maximum absolute atomic E-state index is 12.2. The van der Waals surface area contributed by atoms with E-state index in [4.69, 9.17) is 21.1 Å². The zero-order valence-corrected chi connectivity index (χ0v) is 34.7. The minimum absolute atomic E-state index is 0.281. The summed E-state index contributed by atoms with van der Waals surface area (Å²) in [6, 6.07) is 28.9. The van der Waals surface area contributed by atoms with E-state index in [1.807, 2.05) is 125 Å². The minimum Gasteiger partial charge on any atom is -0.489 e. The largest absolute Gasteiger partial charge is 0.489 e. The molecule has 0 spiro atoms. The molecule has 0 aliphatic carbocycles. The molecule has 8 aromatic rings. The van der Waals surface area contributed by atoms with Gasteiger partial charge in [-0.1, -0.05) is 48.0 Å². The van der Waals surface area contributed by atoms with Crippen molar-refractivity contribution in [1.29, 1.82) is 0 Å².